The lowest BCUT2D eigenvalue weighted by molar-refractivity contribution is 0.340. The van der Waals surface area contributed by atoms with Crippen molar-refractivity contribution < 1.29 is 29.2 Å². The second kappa shape index (κ2) is 6.13. The molecule has 0 aliphatic rings. The molecule has 1 aromatic carbocycles. The normalized spacial score (nSPS) is 10.8. The van der Waals surface area contributed by atoms with Gasteiger partial charge in [0, 0.05) is 6.07 Å². The predicted molar refractivity (Wildman–Crippen MR) is 78.4 cm³/mol. The summed E-state index contributed by atoms with van der Waals surface area (Å²) >= 11 is 0. The minimum absolute atomic E-state index is 0.0475. The van der Waals surface area contributed by atoms with Gasteiger partial charge in [-0.2, -0.15) is 0 Å². The molecule has 7 heteroatoms. The van der Waals surface area contributed by atoms with Gasteiger partial charge in [0.2, 0.25) is 11.5 Å². The quantitative estimate of drug-likeness (QED) is 0.792. The van der Waals surface area contributed by atoms with Crippen molar-refractivity contribution >= 4 is 12.2 Å². The number of aromatic hydroxyl groups is 3. The monoisotopic (exact) mass is 306 g/mol. The number of phenols is 1. The predicted octanol–water partition coefficient (Wildman–Crippen LogP) is 1.94. The second-order valence-electron chi connectivity index (χ2n) is 4.28. The molecule has 0 atom stereocenters. The molecular weight excluding hydrogens is 292 g/mol. The van der Waals surface area contributed by atoms with Crippen LogP contribution in [-0.4, -0.2) is 29.5 Å². The molecular formula is C15H14O7. The Balaban J connectivity index is 2.40. The van der Waals surface area contributed by atoms with Gasteiger partial charge in [-0.15, -0.1) is 0 Å². The van der Waals surface area contributed by atoms with Crippen molar-refractivity contribution in [3.8, 4) is 28.7 Å². The van der Waals surface area contributed by atoms with Crippen LogP contribution in [0.3, 0.4) is 0 Å². The summed E-state index contributed by atoms with van der Waals surface area (Å²) < 4.78 is 14.8. The van der Waals surface area contributed by atoms with Crippen LogP contribution in [0.2, 0.25) is 0 Å². The minimum atomic E-state index is -1.04. The third-order valence-corrected chi connectivity index (χ3v) is 2.87. The molecule has 0 spiro atoms. The van der Waals surface area contributed by atoms with Gasteiger partial charge in [-0.25, -0.2) is 4.79 Å². The summed E-state index contributed by atoms with van der Waals surface area (Å²) in [6.07, 6.45) is 2.96. The molecule has 0 unspecified atom stereocenters. The van der Waals surface area contributed by atoms with Crippen LogP contribution < -0.4 is 15.1 Å². The zero-order chi connectivity index (χ0) is 16.3. The first-order valence-corrected chi connectivity index (χ1v) is 6.15. The molecule has 0 fully saturated rings. The molecule has 22 heavy (non-hydrogen) atoms. The zero-order valence-corrected chi connectivity index (χ0v) is 11.9. The van der Waals surface area contributed by atoms with E-state index in [0.717, 1.165) is 6.07 Å². The maximum Gasteiger partial charge on any atom is 0.382 e. The summed E-state index contributed by atoms with van der Waals surface area (Å²) in [6, 6.07) is 4.20. The fraction of sp³-hybridized carbons (Fsp3) is 0.133. The second-order valence-corrected chi connectivity index (χ2v) is 4.28. The summed E-state index contributed by atoms with van der Waals surface area (Å²) in [4.78, 5) is 11.2. The minimum Gasteiger partial charge on any atom is -0.504 e. The summed E-state index contributed by atoms with van der Waals surface area (Å²) in [6.45, 7) is 0. The molecule has 0 bridgehead atoms. The summed E-state index contributed by atoms with van der Waals surface area (Å²) in [5.74, 6) is -1.06. The molecule has 0 aliphatic heterocycles. The average molecular weight is 306 g/mol. The van der Waals surface area contributed by atoms with E-state index in [1.165, 1.54) is 20.3 Å². The number of ether oxygens (including phenoxy) is 2. The van der Waals surface area contributed by atoms with E-state index in [4.69, 9.17) is 19.0 Å². The van der Waals surface area contributed by atoms with Crippen molar-refractivity contribution in [2.45, 2.75) is 0 Å². The standard InChI is InChI=1S/C15H14O7/c1-20-11-5-8(6-12(21-2)14(11)18)3-4-9-7-10(16)13(17)15(19)22-9/h3-7,16-18H,1-2H3/b4-3+. The largest absolute Gasteiger partial charge is 0.504 e. The Hall–Kier alpha value is -3.09. The number of rotatable bonds is 4. The lowest BCUT2D eigenvalue weighted by Crippen LogP contribution is -1.98. The van der Waals surface area contributed by atoms with E-state index < -0.39 is 17.1 Å². The lowest BCUT2D eigenvalue weighted by atomic mass is 10.1. The molecule has 2 aromatic rings. The Labute approximate surface area is 125 Å². The molecule has 0 amide bonds. The van der Waals surface area contributed by atoms with Gasteiger partial charge >= 0.3 is 5.63 Å². The van der Waals surface area contributed by atoms with Crippen molar-refractivity contribution in [1.29, 1.82) is 0 Å². The van der Waals surface area contributed by atoms with Crippen molar-refractivity contribution in [3.63, 3.8) is 0 Å². The highest BCUT2D eigenvalue weighted by atomic mass is 16.5. The molecule has 7 nitrogen and oxygen atoms in total. The Morgan fingerprint density at radius 3 is 2.05 bits per heavy atom. The van der Waals surface area contributed by atoms with Gasteiger partial charge in [0.1, 0.15) is 5.76 Å². The van der Waals surface area contributed by atoms with E-state index in [1.807, 2.05) is 0 Å². The van der Waals surface area contributed by atoms with E-state index in [9.17, 15) is 15.0 Å². The van der Waals surface area contributed by atoms with E-state index >= 15 is 0 Å². The maximum atomic E-state index is 11.2. The fourth-order valence-electron chi connectivity index (χ4n) is 1.76. The van der Waals surface area contributed by atoms with Crippen LogP contribution in [0.4, 0.5) is 0 Å². The van der Waals surface area contributed by atoms with Crippen molar-refractivity contribution in [1.82, 2.24) is 0 Å². The van der Waals surface area contributed by atoms with Gasteiger partial charge < -0.3 is 29.2 Å². The SMILES string of the molecule is COc1cc(/C=C/c2cc(O)c(O)c(=O)o2)cc(OC)c1O. The highest BCUT2D eigenvalue weighted by molar-refractivity contribution is 5.71. The van der Waals surface area contributed by atoms with Crippen LogP contribution in [0, 0.1) is 0 Å². The molecule has 0 radical (unpaired) electrons. The number of methoxy groups -OCH3 is 2. The molecule has 2 rings (SSSR count). The highest BCUT2D eigenvalue weighted by Gasteiger charge is 2.10. The van der Waals surface area contributed by atoms with E-state index in [2.05, 4.69) is 0 Å². The first-order chi connectivity index (χ1) is 10.5. The topological polar surface area (TPSA) is 109 Å². The van der Waals surface area contributed by atoms with E-state index in [1.54, 1.807) is 18.2 Å². The third-order valence-electron chi connectivity index (χ3n) is 2.87. The Kier molecular flexibility index (Phi) is 4.26. The van der Waals surface area contributed by atoms with Gasteiger partial charge in [-0.05, 0) is 23.8 Å². The van der Waals surface area contributed by atoms with Gasteiger partial charge in [0.05, 0.1) is 14.2 Å². The molecule has 3 N–H and O–H groups in total. The van der Waals surface area contributed by atoms with E-state index in [0.29, 0.717) is 5.56 Å². The van der Waals surface area contributed by atoms with E-state index in [-0.39, 0.29) is 23.0 Å². The summed E-state index contributed by atoms with van der Waals surface area (Å²) in [5.41, 5.74) is -0.442. The molecule has 116 valence electrons. The average Bonchev–Trinajstić information content (AvgIpc) is 2.51. The number of hydrogen-bond acceptors (Lipinski definition) is 7. The van der Waals surface area contributed by atoms with Crippen LogP contribution in [0.1, 0.15) is 11.3 Å². The molecule has 0 saturated heterocycles. The maximum absolute atomic E-state index is 11.2. The lowest BCUT2D eigenvalue weighted by Gasteiger charge is -2.09. The van der Waals surface area contributed by atoms with Crippen LogP contribution >= 0.6 is 0 Å². The number of hydrogen-bond donors (Lipinski definition) is 3. The van der Waals surface area contributed by atoms with Crippen LogP contribution in [0.15, 0.2) is 27.4 Å². The third kappa shape index (κ3) is 2.98. The van der Waals surface area contributed by atoms with Crippen molar-refractivity contribution in [2.75, 3.05) is 14.2 Å². The van der Waals surface area contributed by atoms with Gasteiger partial charge in [0.25, 0.3) is 0 Å². The van der Waals surface area contributed by atoms with Crippen LogP contribution in [-0.2, 0) is 0 Å². The van der Waals surface area contributed by atoms with Crippen LogP contribution in [0.25, 0.3) is 12.2 Å². The first-order valence-electron chi connectivity index (χ1n) is 6.15. The fourth-order valence-corrected chi connectivity index (χ4v) is 1.76. The van der Waals surface area contributed by atoms with Gasteiger partial charge in [-0.3, -0.25) is 0 Å². The Bertz CT molecular complexity index is 749. The van der Waals surface area contributed by atoms with Crippen LogP contribution in [0.5, 0.6) is 28.7 Å². The molecule has 0 saturated carbocycles. The molecule has 0 aliphatic carbocycles. The first kappa shape index (κ1) is 15.3. The Morgan fingerprint density at radius 2 is 1.55 bits per heavy atom. The number of benzene rings is 1. The van der Waals surface area contributed by atoms with Crippen molar-refractivity contribution in [3.05, 3.63) is 39.9 Å². The van der Waals surface area contributed by atoms with Gasteiger partial charge in [-0.1, -0.05) is 6.08 Å². The smallest absolute Gasteiger partial charge is 0.382 e. The number of phenolic OH excluding ortho intramolecular Hbond substituents is 1. The highest BCUT2D eigenvalue weighted by Crippen LogP contribution is 2.37. The molecule has 1 heterocycles. The van der Waals surface area contributed by atoms with Crippen molar-refractivity contribution in [2.24, 2.45) is 0 Å². The zero-order valence-electron chi connectivity index (χ0n) is 11.9. The summed E-state index contributed by atoms with van der Waals surface area (Å²) in [7, 11) is 2.80. The summed E-state index contributed by atoms with van der Waals surface area (Å²) in [5, 5.41) is 28.3. The van der Waals surface area contributed by atoms with Gasteiger partial charge in [0.15, 0.2) is 17.2 Å². The Morgan fingerprint density at radius 1 is 0.955 bits per heavy atom. The molecule has 1 aromatic heterocycles.